The van der Waals surface area contributed by atoms with Crippen LogP contribution in [0.15, 0.2) is 44.8 Å². The van der Waals surface area contributed by atoms with Crippen molar-refractivity contribution in [2.75, 3.05) is 6.61 Å². The highest BCUT2D eigenvalue weighted by molar-refractivity contribution is 7.33. The zero-order valence-electron chi connectivity index (χ0n) is 21.1. The molecule has 3 unspecified atom stereocenters. The van der Waals surface area contributed by atoms with Gasteiger partial charge in [-0.15, -0.1) is 4.52 Å². The van der Waals surface area contributed by atoms with E-state index in [0.717, 1.165) is 30.2 Å². The van der Waals surface area contributed by atoms with Gasteiger partial charge in [0.25, 0.3) is 11.8 Å². The van der Waals surface area contributed by atoms with Crippen LogP contribution in [0.4, 0.5) is 4.39 Å². The van der Waals surface area contributed by atoms with Crippen LogP contribution in [-0.4, -0.2) is 57.4 Å². The number of hydrogen-bond donors (Lipinski definition) is 2. The van der Waals surface area contributed by atoms with Crippen LogP contribution >= 0.6 is 31.4 Å². The van der Waals surface area contributed by atoms with Crippen LogP contribution in [0.5, 0.6) is 5.75 Å². The Kier molecular flexibility index (Phi) is 10.6. The van der Waals surface area contributed by atoms with Crippen LogP contribution in [0, 0.1) is 0 Å². The van der Waals surface area contributed by atoms with E-state index in [1.807, 2.05) is 11.9 Å². The van der Waals surface area contributed by atoms with E-state index in [1.54, 1.807) is 0 Å². The summed E-state index contributed by atoms with van der Waals surface area (Å²) in [6, 6.07) is 3.89. The fourth-order valence-corrected chi connectivity index (χ4v) is 4.80. The third-order valence-corrected chi connectivity index (χ3v) is 7.17. The monoisotopic (exact) mass is 609 g/mol. The summed E-state index contributed by atoms with van der Waals surface area (Å²) >= 11 is 12.1. The lowest BCUT2D eigenvalue weighted by atomic mass is 9.98. The molecule has 3 rings (SSSR count). The van der Waals surface area contributed by atoms with E-state index in [9.17, 15) is 24.4 Å². The molecule has 12 nitrogen and oxygen atoms in total. The molecule has 1 aliphatic heterocycles. The first-order valence-corrected chi connectivity index (χ1v) is 13.7. The number of aliphatic hydroxyl groups is 1. The Bertz CT molecular complexity index is 1320. The number of aliphatic hydroxyl groups excluding tert-OH is 1. The van der Waals surface area contributed by atoms with Crippen molar-refractivity contribution < 1.29 is 37.9 Å². The SMILES string of the molecule is CCCCOC(=O)C(C)N=[P+]([O-])OC(Oc1ccc(Cl)cc1Cl)[C@@H]1O[C@@H](n2ccc(=O)[nH]c2=O)[C@](C)(F)[C@@H]1O. The number of ether oxygens (including phenoxy) is 3. The van der Waals surface area contributed by atoms with E-state index < -0.39 is 61.8 Å². The summed E-state index contributed by atoms with van der Waals surface area (Å²) in [5.74, 6) is -0.790. The molecule has 0 saturated carbocycles. The lowest BCUT2D eigenvalue weighted by Gasteiger charge is -2.25. The number of unbranched alkanes of at least 4 members (excludes halogenated alkanes) is 1. The maximum Gasteiger partial charge on any atom is 0.346 e. The Balaban J connectivity index is 1.92. The second-order valence-electron chi connectivity index (χ2n) is 8.78. The molecule has 0 bridgehead atoms. The van der Waals surface area contributed by atoms with Gasteiger partial charge in [-0.3, -0.25) is 14.3 Å². The number of rotatable bonds is 11. The number of esters is 1. The summed E-state index contributed by atoms with van der Waals surface area (Å²) in [6.45, 7) is 4.38. The molecule has 0 radical (unpaired) electrons. The molecule has 1 saturated heterocycles. The molecule has 1 aliphatic rings. The molecule has 1 aromatic carbocycles. The van der Waals surface area contributed by atoms with E-state index in [-0.39, 0.29) is 22.4 Å². The van der Waals surface area contributed by atoms with Crippen molar-refractivity contribution in [2.45, 2.75) is 70.0 Å². The molecule has 1 aromatic heterocycles. The van der Waals surface area contributed by atoms with Gasteiger partial charge < -0.3 is 24.2 Å². The predicted octanol–water partition coefficient (Wildman–Crippen LogP) is 2.84. The normalized spacial score (nSPS) is 24.8. The van der Waals surface area contributed by atoms with Gasteiger partial charge in [-0.1, -0.05) is 41.3 Å². The molecule has 0 amide bonds. The summed E-state index contributed by atoms with van der Waals surface area (Å²) in [7, 11) is -3.02. The Morgan fingerprint density at radius 3 is 2.74 bits per heavy atom. The van der Waals surface area contributed by atoms with Crippen LogP contribution < -0.4 is 20.9 Å². The lowest BCUT2D eigenvalue weighted by molar-refractivity contribution is -0.206. The molecular formula is C23H27Cl2FN3O9P. The van der Waals surface area contributed by atoms with Crippen LogP contribution in [0.1, 0.15) is 39.8 Å². The van der Waals surface area contributed by atoms with Crippen molar-refractivity contribution in [3.8, 4) is 5.75 Å². The minimum atomic E-state index is -3.02. The number of hydrogen-bond acceptors (Lipinski definition) is 10. The number of aromatic amines is 1. The fourth-order valence-electron chi connectivity index (χ4n) is 3.57. The summed E-state index contributed by atoms with van der Waals surface area (Å²) in [5, 5.41) is 11.1. The quantitative estimate of drug-likeness (QED) is 0.169. The van der Waals surface area contributed by atoms with Crippen LogP contribution in [0.3, 0.4) is 0 Å². The number of nitrogens with zero attached hydrogens (tertiary/aromatic N) is 2. The molecule has 0 aliphatic carbocycles. The molecule has 39 heavy (non-hydrogen) atoms. The smallest absolute Gasteiger partial charge is 0.346 e. The molecule has 2 aromatic rings. The van der Waals surface area contributed by atoms with Gasteiger partial charge >= 0.3 is 19.8 Å². The molecule has 7 atom stereocenters. The van der Waals surface area contributed by atoms with Gasteiger partial charge in [-0.2, -0.15) is 0 Å². The molecule has 1 fully saturated rings. The number of carbonyl (C=O) groups is 1. The molecule has 2 heterocycles. The summed E-state index contributed by atoms with van der Waals surface area (Å²) in [6.07, 6.45) is -4.84. The largest absolute Gasteiger partial charge is 0.583 e. The maximum atomic E-state index is 15.8. The van der Waals surface area contributed by atoms with Crippen molar-refractivity contribution in [1.82, 2.24) is 9.55 Å². The zero-order valence-corrected chi connectivity index (χ0v) is 23.5. The first-order valence-electron chi connectivity index (χ1n) is 11.8. The first kappa shape index (κ1) is 31.2. The highest BCUT2D eigenvalue weighted by Gasteiger charge is 2.59. The third kappa shape index (κ3) is 7.63. The highest BCUT2D eigenvalue weighted by Crippen LogP contribution is 2.44. The molecule has 2 N–H and O–H groups in total. The summed E-state index contributed by atoms with van der Waals surface area (Å²) in [5.41, 5.74) is -4.35. The third-order valence-electron chi connectivity index (χ3n) is 5.71. The summed E-state index contributed by atoms with van der Waals surface area (Å²) in [4.78, 5) is 50.6. The summed E-state index contributed by atoms with van der Waals surface area (Å²) < 4.78 is 42.1. The van der Waals surface area contributed by atoms with Crippen molar-refractivity contribution in [3.63, 3.8) is 0 Å². The number of alkyl halides is 1. The van der Waals surface area contributed by atoms with Crippen LogP contribution in [0.25, 0.3) is 0 Å². The highest BCUT2D eigenvalue weighted by atomic mass is 35.5. The first-order chi connectivity index (χ1) is 18.3. The Hall–Kier alpha value is -2.38. The average Bonchev–Trinajstić information content (AvgIpc) is 3.09. The van der Waals surface area contributed by atoms with Crippen LogP contribution in [-0.2, 0) is 18.8 Å². The van der Waals surface area contributed by atoms with Gasteiger partial charge in [0, 0.05) is 17.3 Å². The Labute approximate surface area is 233 Å². The molecular weight excluding hydrogens is 583 g/mol. The standard InChI is InChI=1S/C23H27Cl2FN3O9P/c1-4-5-10-35-19(32)12(2)28-39(34)38-20(36-15-7-6-13(24)11-14(15)25)17-18(31)23(3,26)21(37-17)29-9-8-16(30)27-22(29)33/h6-9,11-12,17-18,20-21,31H,4-5,10H2,1-3H3,(H,27,30,33)/t12?,17-,18-,20?,21-,23-/m1/s1. The topological polar surface area (TPSA) is 164 Å². The van der Waals surface area contributed by atoms with Gasteiger partial charge in [0.1, 0.15) is 11.9 Å². The minimum Gasteiger partial charge on any atom is -0.583 e. The number of nitrogens with one attached hydrogen (secondary N) is 1. The van der Waals surface area contributed by atoms with Crippen molar-refractivity contribution >= 4 is 37.3 Å². The number of aromatic nitrogens is 2. The van der Waals surface area contributed by atoms with Gasteiger partial charge in [0.05, 0.1) is 11.6 Å². The Morgan fingerprint density at radius 2 is 2.10 bits per heavy atom. The van der Waals surface area contributed by atoms with Crippen molar-refractivity contribution in [2.24, 2.45) is 4.74 Å². The van der Waals surface area contributed by atoms with Crippen LogP contribution in [0.2, 0.25) is 10.0 Å². The molecule has 214 valence electrons. The Morgan fingerprint density at radius 1 is 1.38 bits per heavy atom. The minimum absolute atomic E-state index is 0.0000338. The maximum absolute atomic E-state index is 15.8. The second-order valence-corrected chi connectivity index (χ2v) is 10.5. The molecule has 0 spiro atoms. The molecule has 16 heteroatoms. The van der Waals surface area contributed by atoms with Gasteiger partial charge in [0.2, 0.25) is 0 Å². The fraction of sp³-hybridized carbons (Fsp3) is 0.522. The average molecular weight is 610 g/mol. The van der Waals surface area contributed by atoms with Crippen molar-refractivity contribution in [1.29, 1.82) is 0 Å². The van der Waals surface area contributed by atoms with E-state index in [1.165, 1.54) is 25.1 Å². The predicted molar refractivity (Wildman–Crippen MR) is 137 cm³/mol. The van der Waals surface area contributed by atoms with E-state index in [4.69, 9.17) is 41.9 Å². The van der Waals surface area contributed by atoms with Crippen molar-refractivity contribution in [3.05, 3.63) is 61.3 Å². The number of halogens is 3. The van der Waals surface area contributed by atoms with Gasteiger partial charge in [0.15, 0.2) is 24.0 Å². The van der Waals surface area contributed by atoms with E-state index >= 15 is 4.39 Å². The van der Waals surface area contributed by atoms with Gasteiger partial charge in [-0.05, 0) is 38.5 Å². The zero-order chi connectivity index (χ0) is 28.9. The van der Waals surface area contributed by atoms with E-state index in [2.05, 4.69) is 4.74 Å². The lowest BCUT2D eigenvalue weighted by Crippen LogP contribution is -2.46. The number of carbonyl (C=O) groups excluding carboxylic acids is 1. The van der Waals surface area contributed by atoms with Gasteiger partial charge in [-0.25, -0.2) is 14.0 Å². The van der Waals surface area contributed by atoms with E-state index in [0.29, 0.717) is 6.42 Å². The number of H-pyrrole nitrogens is 1. The second kappa shape index (κ2) is 13.3. The number of benzene rings is 1.